The van der Waals surface area contributed by atoms with Gasteiger partial charge in [-0.2, -0.15) is 5.10 Å². The van der Waals surface area contributed by atoms with E-state index in [0.717, 1.165) is 18.9 Å². The van der Waals surface area contributed by atoms with E-state index in [-0.39, 0.29) is 17.4 Å². The first-order valence-electron chi connectivity index (χ1n) is 7.74. The van der Waals surface area contributed by atoms with Crippen molar-refractivity contribution < 1.29 is 19.7 Å². The number of amides is 1. The van der Waals surface area contributed by atoms with E-state index in [1.54, 1.807) is 24.3 Å². The molecule has 1 amide bonds. The minimum Gasteiger partial charge on any atom is -0.506 e. The van der Waals surface area contributed by atoms with E-state index in [0.29, 0.717) is 26.9 Å². The number of nitrogens with one attached hydrogen (secondary N) is 1. The van der Waals surface area contributed by atoms with E-state index in [1.165, 1.54) is 19.4 Å². The number of benzene rings is 2. The molecule has 0 radical (unpaired) electrons. The number of amidine groups is 1. The molecule has 0 saturated carbocycles. The molecule has 0 unspecified atom stereocenters. The van der Waals surface area contributed by atoms with E-state index >= 15 is 0 Å². The second kappa shape index (κ2) is 9.13. The van der Waals surface area contributed by atoms with Crippen LogP contribution in [0.3, 0.4) is 0 Å². The molecule has 1 heterocycles. The van der Waals surface area contributed by atoms with Gasteiger partial charge in [-0.3, -0.25) is 10.1 Å². The molecular weight excluding hydrogens is 608 g/mol. The molecule has 0 bridgehead atoms. The Hall–Kier alpha value is -1.80. The Morgan fingerprint density at radius 3 is 2.75 bits per heavy atom. The van der Waals surface area contributed by atoms with Crippen molar-refractivity contribution in [3.05, 3.63) is 53.5 Å². The van der Waals surface area contributed by atoms with E-state index in [1.807, 2.05) is 28.7 Å². The van der Waals surface area contributed by atoms with Crippen molar-refractivity contribution in [1.82, 2.24) is 5.32 Å². The highest BCUT2D eigenvalue weighted by atomic mass is 127. The van der Waals surface area contributed by atoms with Crippen LogP contribution < -0.4 is 10.1 Å². The van der Waals surface area contributed by atoms with Crippen molar-refractivity contribution in [1.29, 1.82) is 0 Å². The summed E-state index contributed by atoms with van der Waals surface area (Å²) in [5, 5.41) is 30.6. The second-order valence-corrected chi connectivity index (χ2v) is 8.91. The quantitative estimate of drug-likeness (QED) is 0.208. The molecule has 1 aliphatic heterocycles. The number of thioether (sulfide) groups is 1. The van der Waals surface area contributed by atoms with Crippen molar-refractivity contribution in [2.24, 2.45) is 10.2 Å². The van der Waals surface area contributed by atoms with Crippen molar-refractivity contribution in [2.45, 2.75) is 0 Å². The van der Waals surface area contributed by atoms with Gasteiger partial charge in [-0.1, -0.05) is 6.07 Å². The molecule has 3 N–H and O–H groups in total. The predicted molar refractivity (Wildman–Crippen MR) is 127 cm³/mol. The summed E-state index contributed by atoms with van der Waals surface area (Å²) in [4.78, 5) is 12.6. The van der Waals surface area contributed by atoms with Gasteiger partial charge in [-0.15, -0.1) is 5.10 Å². The zero-order chi connectivity index (χ0) is 20.3. The van der Waals surface area contributed by atoms with Crippen LogP contribution in [0, 0.1) is 7.14 Å². The number of nitrogens with zero attached hydrogens (tertiary/aromatic N) is 2. The lowest BCUT2D eigenvalue weighted by molar-refractivity contribution is -0.115. The van der Waals surface area contributed by atoms with Crippen LogP contribution in [0.2, 0.25) is 0 Å². The van der Waals surface area contributed by atoms with Crippen LogP contribution in [-0.2, 0) is 4.79 Å². The second-order valence-electron chi connectivity index (χ2n) is 5.47. The van der Waals surface area contributed by atoms with Crippen LogP contribution in [0.5, 0.6) is 17.2 Å². The smallest absolute Gasteiger partial charge is 0.264 e. The molecule has 28 heavy (non-hydrogen) atoms. The maximum Gasteiger partial charge on any atom is 0.264 e. The van der Waals surface area contributed by atoms with Crippen LogP contribution in [0.15, 0.2) is 45.4 Å². The van der Waals surface area contributed by atoms with Crippen LogP contribution in [0.4, 0.5) is 0 Å². The molecule has 2 aromatic carbocycles. The first kappa shape index (κ1) is 20.9. The van der Waals surface area contributed by atoms with Crippen molar-refractivity contribution >= 4 is 80.3 Å². The molecule has 0 spiro atoms. The Bertz CT molecular complexity index is 1040. The molecule has 2 aromatic rings. The molecule has 1 saturated heterocycles. The Balaban J connectivity index is 1.77. The van der Waals surface area contributed by atoms with Crippen LogP contribution in [-0.4, -0.2) is 34.6 Å². The van der Waals surface area contributed by atoms with Gasteiger partial charge in [0.25, 0.3) is 5.91 Å². The zero-order valence-corrected chi connectivity index (χ0v) is 19.4. The van der Waals surface area contributed by atoms with Gasteiger partial charge in [0.1, 0.15) is 5.75 Å². The van der Waals surface area contributed by atoms with Crippen molar-refractivity contribution in [3.8, 4) is 17.2 Å². The Kier molecular flexibility index (Phi) is 6.82. The third kappa shape index (κ3) is 4.97. The molecule has 0 aromatic heterocycles. The summed E-state index contributed by atoms with van der Waals surface area (Å²) in [6, 6.07) is 8.43. The number of phenols is 2. The van der Waals surface area contributed by atoms with Gasteiger partial charge in [0, 0.05) is 9.13 Å². The number of aromatic hydroxyl groups is 2. The highest BCUT2D eigenvalue weighted by molar-refractivity contribution is 14.1. The molecule has 7 nitrogen and oxygen atoms in total. The topological polar surface area (TPSA) is 104 Å². The Morgan fingerprint density at radius 1 is 1.21 bits per heavy atom. The normalized spacial score (nSPS) is 16.9. The van der Waals surface area contributed by atoms with E-state index < -0.39 is 0 Å². The van der Waals surface area contributed by atoms with E-state index in [2.05, 4.69) is 38.1 Å². The average molecular weight is 621 g/mol. The maximum atomic E-state index is 12.1. The van der Waals surface area contributed by atoms with Gasteiger partial charge >= 0.3 is 0 Å². The summed E-state index contributed by atoms with van der Waals surface area (Å²) in [5.41, 5.74) is 1.25. The zero-order valence-electron chi connectivity index (χ0n) is 14.3. The number of hydrogen-bond acceptors (Lipinski definition) is 7. The summed E-state index contributed by atoms with van der Waals surface area (Å²) in [7, 11) is 1.46. The number of ether oxygens (including phenoxy) is 1. The third-order valence-corrected chi connectivity index (χ3v) is 5.90. The molecule has 1 aliphatic rings. The molecule has 1 fully saturated rings. The lowest BCUT2D eigenvalue weighted by Crippen LogP contribution is -2.19. The van der Waals surface area contributed by atoms with Crippen LogP contribution in [0.1, 0.15) is 11.1 Å². The summed E-state index contributed by atoms with van der Waals surface area (Å²) in [6.45, 7) is 0. The summed E-state index contributed by atoms with van der Waals surface area (Å²) in [5.74, 6) is 0.189. The van der Waals surface area contributed by atoms with E-state index in [9.17, 15) is 15.0 Å². The van der Waals surface area contributed by atoms with Gasteiger partial charge in [-0.05, 0) is 92.8 Å². The first-order valence-corrected chi connectivity index (χ1v) is 10.7. The Morgan fingerprint density at radius 2 is 2.00 bits per heavy atom. The number of rotatable bonds is 4. The summed E-state index contributed by atoms with van der Waals surface area (Å²) >= 11 is 5.34. The molecule has 0 atom stereocenters. The molecular formula is C18H13I2N3O4S. The number of carbonyl (C=O) groups is 1. The van der Waals surface area contributed by atoms with Crippen molar-refractivity contribution in [3.63, 3.8) is 0 Å². The predicted octanol–water partition coefficient (Wildman–Crippen LogP) is 3.91. The number of hydrogen-bond donors (Lipinski definition) is 3. The lowest BCUT2D eigenvalue weighted by atomic mass is 10.2. The molecule has 144 valence electrons. The number of halogens is 2. The van der Waals surface area contributed by atoms with Gasteiger partial charge in [0.15, 0.2) is 16.7 Å². The standard InChI is InChI=1S/C18H13I2N3O4S/c1-27-14-4-9(2-3-13(14)24)5-15-17(26)22-18(28-15)23-21-8-10-6-11(19)7-12(20)16(10)25/h2-8,24-25H,1H3,(H,22,23,26)/b15-5?,21-8+. The fourth-order valence-electron chi connectivity index (χ4n) is 2.24. The van der Waals surface area contributed by atoms with Gasteiger partial charge in [0.05, 0.1) is 21.8 Å². The minimum absolute atomic E-state index is 0.0262. The fourth-order valence-corrected chi connectivity index (χ4v) is 4.91. The highest BCUT2D eigenvalue weighted by Crippen LogP contribution is 2.31. The van der Waals surface area contributed by atoms with Gasteiger partial charge < -0.3 is 14.9 Å². The van der Waals surface area contributed by atoms with Gasteiger partial charge in [0.2, 0.25) is 0 Å². The number of carbonyl (C=O) groups excluding carboxylic acids is 1. The molecule has 3 rings (SSSR count). The summed E-state index contributed by atoms with van der Waals surface area (Å²) < 4.78 is 6.75. The van der Waals surface area contributed by atoms with Gasteiger partial charge in [-0.25, -0.2) is 0 Å². The monoisotopic (exact) mass is 621 g/mol. The number of phenolic OH excluding ortho intramolecular Hbond substituents is 2. The average Bonchev–Trinajstić information content (AvgIpc) is 3.00. The largest absolute Gasteiger partial charge is 0.506 e. The molecule has 10 heteroatoms. The summed E-state index contributed by atoms with van der Waals surface area (Å²) in [6.07, 6.45) is 3.11. The Labute approximate surface area is 192 Å². The molecule has 0 aliphatic carbocycles. The maximum absolute atomic E-state index is 12.1. The van der Waals surface area contributed by atoms with Crippen molar-refractivity contribution in [2.75, 3.05) is 7.11 Å². The van der Waals surface area contributed by atoms with Crippen LogP contribution >= 0.6 is 56.9 Å². The SMILES string of the molecule is COc1cc(C=C2S/C(=N/N=C/c3cc(I)cc(I)c3O)NC2=O)ccc1O. The number of methoxy groups -OCH3 is 1. The third-order valence-electron chi connectivity index (χ3n) is 3.56. The fraction of sp³-hybridized carbons (Fsp3) is 0.0556. The first-order chi connectivity index (χ1) is 13.4. The highest BCUT2D eigenvalue weighted by Gasteiger charge is 2.24. The minimum atomic E-state index is -0.294. The van der Waals surface area contributed by atoms with E-state index in [4.69, 9.17) is 4.74 Å². The van der Waals surface area contributed by atoms with Crippen LogP contribution in [0.25, 0.3) is 6.08 Å². The lowest BCUT2D eigenvalue weighted by Gasteiger charge is -2.03.